The summed E-state index contributed by atoms with van der Waals surface area (Å²) >= 11 is 0. The van der Waals surface area contributed by atoms with Crippen LogP contribution in [0.15, 0.2) is 18.2 Å². The van der Waals surface area contributed by atoms with Crippen LogP contribution >= 0.6 is 0 Å². The summed E-state index contributed by atoms with van der Waals surface area (Å²) in [6.07, 6.45) is 8.40. The third-order valence-corrected chi connectivity index (χ3v) is 5.06. The first kappa shape index (κ1) is 13.1. The van der Waals surface area contributed by atoms with Gasteiger partial charge in [-0.3, -0.25) is 0 Å². The average molecular weight is 260 g/mol. The van der Waals surface area contributed by atoms with Gasteiger partial charge in [0.1, 0.15) is 0 Å². The number of aliphatic hydroxyl groups is 1. The zero-order valence-electron chi connectivity index (χ0n) is 11.8. The minimum Gasteiger partial charge on any atom is -0.390 e. The van der Waals surface area contributed by atoms with Crippen LogP contribution in [0.3, 0.4) is 0 Å². The van der Waals surface area contributed by atoms with Gasteiger partial charge < -0.3 is 9.84 Å². The molecule has 1 N–H and O–H groups in total. The third-order valence-electron chi connectivity index (χ3n) is 5.06. The number of hydrogen-bond acceptors (Lipinski definition) is 2. The molecule has 1 saturated carbocycles. The summed E-state index contributed by atoms with van der Waals surface area (Å²) in [7, 11) is 1.75. The predicted octanol–water partition coefficient (Wildman–Crippen LogP) is 3.04. The van der Waals surface area contributed by atoms with E-state index in [0.29, 0.717) is 0 Å². The van der Waals surface area contributed by atoms with Crippen molar-refractivity contribution in [1.29, 1.82) is 0 Å². The molecule has 2 aliphatic carbocycles. The van der Waals surface area contributed by atoms with Crippen molar-refractivity contribution < 1.29 is 9.84 Å². The Hall–Kier alpha value is -0.860. The summed E-state index contributed by atoms with van der Waals surface area (Å²) in [5, 5.41) is 10.6. The molecule has 0 spiro atoms. The first-order valence-corrected chi connectivity index (χ1v) is 7.57. The van der Waals surface area contributed by atoms with Crippen molar-refractivity contribution in [2.75, 3.05) is 7.11 Å². The fourth-order valence-corrected chi connectivity index (χ4v) is 3.81. The maximum Gasteiger partial charge on any atom is 0.0939 e. The number of fused-ring (bicyclic) bond motifs is 1. The summed E-state index contributed by atoms with van der Waals surface area (Å²) in [5.41, 5.74) is 3.96. The molecule has 2 heteroatoms. The molecule has 2 nitrogen and oxygen atoms in total. The topological polar surface area (TPSA) is 29.5 Å². The third kappa shape index (κ3) is 2.44. The van der Waals surface area contributed by atoms with E-state index in [-0.39, 0.29) is 11.7 Å². The van der Waals surface area contributed by atoms with Gasteiger partial charge in [-0.25, -0.2) is 0 Å². The highest BCUT2D eigenvalue weighted by atomic mass is 16.5. The van der Waals surface area contributed by atoms with Gasteiger partial charge in [0, 0.05) is 13.5 Å². The van der Waals surface area contributed by atoms with Crippen LogP contribution in [-0.2, 0) is 24.0 Å². The van der Waals surface area contributed by atoms with Gasteiger partial charge in [-0.1, -0.05) is 31.0 Å². The van der Waals surface area contributed by atoms with Crippen LogP contribution in [0, 0.1) is 0 Å². The molecule has 1 atom stereocenters. The first-order chi connectivity index (χ1) is 9.23. The Bertz CT molecular complexity index is 447. The van der Waals surface area contributed by atoms with E-state index in [0.717, 1.165) is 19.3 Å². The van der Waals surface area contributed by atoms with E-state index in [2.05, 4.69) is 18.2 Å². The SMILES string of the molecule is COC1(C(O)Cc2ccc3c(c2)CCC3)CCCC1. The molecule has 0 bridgehead atoms. The van der Waals surface area contributed by atoms with Crippen molar-refractivity contribution in [2.24, 2.45) is 0 Å². The smallest absolute Gasteiger partial charge is 0.0939 e. The number of benzene rings is 1. The Labute approximate surface area is 115 Å². The maximum atomic E-state index is 10.6. The second-order valence-electron chi connectivity index (χ2n) is 6.15. The van der Waals surface area contributed by atoms with E-state index in [4.69, 9.17) is 4.74 Å². The monoisotopic (exact) mass is 260 g/mol. The number of methoxy groups -OCH3 is 1. The van der Waals surface area contributed by atoms with Crippen molar-refractivity contribution in [3.63, 3.8) is 0 Å². The lowest BCUT2D eigenvalue weighted by Gasteiger charge is -2.33. The predicted molar refractivity (Wildman–Crippen MR) is 76.4 cm³/mol. The number of ether oxygens (including phenoxy) is 1. The fraction of sp³-hybridized carbons (Fsp3) is 0.647. The molecule has 0 radical (unpaired) electrons. The van der Waals surface area contributed by atoms with E-state index >= 15 is 0 Å². The standard InChI is InChI=1S/C17H24O2/c1-19-17(9-2-3-10-17)16(18)12-13-7-8-14-5-4-6-15(14)11-13/h7-8,11,16,18H,2-6,9-10,12H2,1H3. The van der Waals surface area contributed by atoms with E-state index in [1.165, 1.54) is 48.8 Å². The van der Waals surface area contributed by atoms with Crippen molar-refractivity contribution in [1.82, 2.24) is 0 Å². The number of rotatable bonds is 4. The maximum absolute atomic E-state index is 10.6. The molecule has 0 aromatic heterocycles. The molecule has 1 aromatic carbocycles. The Balaban J connectivity index is 1.74. The van der Waals surface area contributed by atoms with Gasteiger partial charge in [0.15, 0.2) is 0 Å². The van der Waals surface area contributed by atoms with Crippen LogP contribution in [0.25, 0.3) is 0 Å². The molecular weight excluding hydrogens is 236 g/mol. The number of hydrogen-bond donors (Lipinski definition) is 1. The molecule has 0 saturated heterocycles. The van der Waals surface area contributed by atoms with Crippen LogP contribution in [-0.4, -0.2) is 23.9 Å². The second-order valence-corrected chi connectivity index (χ2v) is 6.15. The van der Waals surface area contributed by atoms with Gasteiger partial charge >= 0.3 is 0 Å². The summed E-state index contributed by atoms with van der Waals surface area (Å²) < 4.78 is 5.68. The minimum atomic E-state index is -0.376. The van der Waals surface area contributed by atoms with Crippen LogP contribution in [0.1, 0.15) is 48.8 Å². The van der Waals surface area contributed by atoms with Crippen molar-refractivity contribution >= 4 is 0 Å². The molecule has 0 amide bonds. The Morgan fingerprint density at radius 2 is 1.89 bits per heavy atom. The molecule has 0 aliphatic heterocycles. The zero-order chi connectivity index (χ0) is 13.3. The van der Waals surface area contributed by atoms with Crippen molar-refractivity contribution in [3.8, 4) is 0 Å². The van der Waals surface area contributed by atoms with E-state index in [9.17, 15) is 5.11 Å². The van der Waals surface area contributed by atoms with Gasteiger partial charge in [0.05, 0.1) is 11.7 Å². The van der Waals surface area contributed by atoms with Crippen LogP contribution in [0.2, 0.25) is 0 Å². The normalized spacial score (nSPS) is 22.4. The largest absolute Gasteiger partial charge is 0.390 e. The van der Waals surface area contributed by atoms with Gasteiger partial charge in [-0.2, -0.15) is 0 Å². The van der Waals surface area contributed by atoms with Gasteiger partial charge in [-0.05, 0) is 48.8 Å². The summed E-state index contributed by atoms with van der Waals surface area (Å²) in [6, 6.07) is 6.73. The van der Waals surface area contributed by atoms with Crippen molar-refractivity contribution in [3.05, 3.63) is 34.9 Å². The van der Waals surface area contributed by atoms with Crippen LogP contribution in [0.4, 0.5) is 0 Å². The highest BCUT2D eigenvalue weighted by molar-refractivity contribution is 5.35. The molecular formula is C17H24O2. The minimum absolute atomic E-state index is 0.293. The second kappa shape index (κ2) is 5.26. The zero-order valence-corrected chi connectivity index (χ0v) is 11.8. The molecule has 19 heavy (non-hydrogen) atoms. The van der Waals surface area contributed by atoms with E-state index in [1.54, 1.807) is 7.11 Å². The Morgan fingerprint density at radius 3 is 2.63 bits per heavy atom. The summed E-state index contributed by atoms with van der Waals surface area (Å²) in [6.45, 7) is 0. The highest BCUT2D eigenvalue weighted by Gasteiger charge is 2.40. The van der Waals surface area contributed by atoms with Crippen LogP contribution in [0.5, 0.6) is 0 Å². The first-order valence-electron chi connectivity index (χ1n) is 7.57. The van der Waals surface area contributed by atoms with Gasteiger partial charge in [0.2, 0.25) is 0 Å². The quantitative estimate of drug-likeness (QED) is 0.901. The van der Waals surface area contributed by atoms with Crippen LogP contribution < -0.4 is 0 Å². The summed E-state index contributed by atoms with van der Waals surface area (Å²) in [4.78, 5) is 0. The lowest BCUT2D eigenvalue weighted by Crippen LogP contribution is -2.42. The molecule has 0 heterocycles. The molecule has 3 rings (SSSR count). The van der Waals surface area contributed by atoms with E-state index in [1.807, 2.05) is 0 Å². The lowest BCUT2D eigenvalue weighted by molar-refractivity contribution is -0.0971. The fourth-order valence-electron chi connectivity index (χ4n) is 3.81. The Morgan fingerprint density at radius 1 is 1.16 bits per heavy atom. The molecule has 2 aliphatic rings. The molecule has 104 valence electrons. The van der Waals surface area contributed by atoms with Crippen molar-refractivity contribution in [2.45, 2.75) is 63.1 Å². The molecule has 1 aromatic rings. The number of aryl methyl sites for hydroxylation is 2. The average Bonchev–Trinajstić information content (AvgIpc) is 3.07. The molecule has 1 fully saturated rings. The molecule has 1 unspecified atom stereocenters. The lowest BCUT2D eigenvalue weighted by atomic mass is 9.89. The Kier molecular flexibility index (Phi) is 3.64. The van der Waals surface area contributed by atoms with Gasteiger partial charge in [-0.15, -0.1) is 0 Å². The van der Waals surface area contributed by atoms with Gasteiger partial charge in [0.25, 0.3) is 0 Å². The number of aliphatic hydroxyl groups excluding tert-OH is 1. The van der Waals surface area contributed by atoms with E-state index < -0.39 is 0 Å². The highest BCUT2D eigenvalue weighted by Crippen LogP contribution is 2.37. The summed E-state index contributed by atoms with van der Waals surface area (Å²) in [5.74, 6) is 0.